The maximum atomic E-state index is 13.5. The number of nitrogens with one attached hydrogen (secondary N) is 1. The lowest BCUT2D eigenvalue weighted by Crippen LogP contribution is -2.59. The highest BCUT2D eigenvalue weighted by Gasteiger charge is 2.46. The van der Waals surface area contributed by atoms with Crippen LogP contribution in [0, 0.1) is 5.92 Å². The third kappa shape index (κ3) is 4.64. The van der Waals surface area contributed by atoms with Crippen molar-refractivity contribution in [2.45, 2.75) is 56.4 Å². The molecule has 2 N–H and O–H groups in total. The van der Waals surface area contributed by atoms with Crippen molar-refractivity contribution in [1.82, 2.24) is 10.2 Å². The summed E-state index contributed by atoms with van der Waals surface area (Å²) in [6.07, 6.45) is 3.91. The Bertz CT molecular complexity index is 1070. The molecule has 2 amide bonds. The number of alkyl carbamates (subject to hydrolysis) is 1. The average molecular weight is 477 g/mol. The van der Waals surface area contributed by atoms with Gasteiger partial charge >= 0.3 is 12.1 Å². The number of hydrogen-bond donors (Lipinski definition) is 2. The summed E-state index contributed by atoms with van der Waals surface area (Å²) < 4.78 is 5.74. The van der Waals surface area contributed by atoms with Gasteiger partial charge in [0.05, 0.1) is 0 Å². The number of rotatable bonds is 6. The van der Waals surface area contributed by atoms with Gasteiger partial charge in [-0.2, -0.15) is 0 Å². The molecule has 1 saturated carbocycles. The Morgan fingerprint density at radius 3 is 2.09 bits per heavy atom. The van der Waals surface area contributed by atoms with Crippen LogP contribution in [0.3, 0.4) is 0 Å². The third-order valence-electron chi connectivity index (χ3n) is 7.92. The molecule has 1 aliphatic heterocycles. The molecule has 35 heavy (non-hydrogen) atoms. The normalized spacial score (nSPS) is 19.1. The summed E-state index contributed by atoms with van der Waals surface area (Å²) >= 11 is 0. The van der Waals surface area contributed by atoms with Gasteiger partial charge in [0.1, 0.15) is 12.1 Å². The second-order valence-electron chi connectivity index (χ2n) is 10.1. The first-order valence-corrected chi connectivity index (χ1v) is 12.6. The fourth-order valence-electron chi connectivity index (χ4n) is 6.09. The Kier molecular flexibility index (Phi) is 6.50. The fourth-order valence-corrected chi connectivity index (χ4v) is 6.09. The van der Waals surface area contributed by atoms with E-state index in [1.807, 2.05) is 24.3 Å². The summed E-state index contributed by atoms with van der Waals surface area (Å²) in [6, 6.07) is 16.4. The summed E-state index contributed by atoms with van der Waals surface area (Å²) in [7, 11) is 0. The molecular weight excluding hydrogens is 444 g/mol. The number of ether oxygens (including phenoxy) is 1. The number of fused-ring (bicyclic) bond motifs is 3. The maximum Gasteiger partial charge on any atom is 0.408 e. The van der Waals surface area contributed by atoms with E-state index < -0.39 is 17.6 Å². The zero-order valence-electron chi connectivity index (χ0n) is 19.9. The van der Waals surface area contributed by atoms with Gasteiger partial charge in [0.15, 0.2) is 0 Å². The van der Waals surface area contributed by atoms with E-state index in [-0.39, 0.29) is 30.8 Å². The van der Waals surface area contributed by atoms with Crippen LogP contribution in [0.25, 0.3) is 11.1 Å². The molecule has 0 aromatic heterocycles. The minimum atomic E-state index is -0.928. The Morgan fingerprint density at radius 2 is 1.51 bits per heavy atom. The van der Waals surface area contributed by atoms with Gasteiger partial charge in [-0.15, -0.1) is 0 Å². The van der Waals surface area contributed by atoms with Crippen LogP contribution in [0.4, 0.5) is 4.79 Å². The highest BCUT2D eigenvalue weighted by molar-refractivity contribution is 5.90. The van der Waals surface area contributed by atoms with Crippen molar-refractivity contribution in [3.63, 3.8) is 0 Å². The first-order valence-electron chi connectivity index (χ1n) is 12.6. The molecule has 2 aliphatic carbocycles. The van der Waals surface area contributed by atoms with Crippen molar-refractivity contribution in [2.75, 3.05) is 19.7 Å². The van der Waals surface area contributed by atoms with E-state index in [4.69, 9.17) is 9.84 Å². The highest BCUT2D eigenvalue weighted by atomic mass is 16.5. The Balaban J connectivity index is 1.23. The molecule has 0 unspecified atom stereocenters. The molecule has 2 fully saturated rings. The minimum absolute atomic E-state index is 0.0309. The van der Waals surface area contributed by atoms with Gasteiger partial charge < -0.3 is 20.1 Å². The predicted octanol–water partition coefficient (Wildman–Crippen LogP) is 4.55. The summed E-state index contributed by atoms with van der Waals surface area (Å²) in [5.74, 6) is -0.779. The number of nitrogens with zero attached hydrogens (tertiary/aromatic N) is 1. The van der Waals surface area contributed by atoms with Gasteiger partial charge in [-0.25, -0.2) is 4.79 Å². The van der Waals surface area contributed by atoms with Crippen molar-refractivity contribution < 1.29 is 24.2 Å². The number of carboxylic acid groups (broad SMARTS) is 1. The van der Waals surface area contributed by atoms with Gasteiger partial charge in [0.2, 0.25) is 5.91 Å². The molecule has 2 aromatic rings. The third-order valence-corrected chi connectivity index (χ3v) is 7.92. The molecule has 0 spiro atoms. The molecule has 1 saturated heterocycles. The van der Waals surface area contributed by atoms with E-state index in [1.54, 1.807) is 4.90 Å². The quantitative estimate of drug-likeness (QED) is 0.638. The molecule has 3 aliphatic rings. The van der Waals surface area contributed by atoms with Crippen LogP contribution in [-0.4, -0.2) is 53.2 Å². The van der Waals surface area contributed by atoms with Crippen LogP contribution in [0.15, 0.2) is 48.5 Å². The van der Waals surface area contributed by atoms with E-state index in [0.29, 0.717) is 38.8 Å². The number of aliphatic carboxylic acids is 1. The molecule has 2 aromatic carbocycles. The van der Waals surface area contributed by atoms with Crippen molar-refractivity contribution in [3.05, 3.63) is 59.7 Å². The monoisotopic (exact) mass is 476 g/mol. The number of carbonyl (C=O) groups is 3. The zero-order valence-corrected chi connectivity index (χ0v) is 19.9. The van der Waals surface area contributed by atoms with E-state index in [2.05, 4.69) is 29.6 Å². The van der Waals surface area contributed by atoms with Gasteiger partial charge in [-0.1, -0.05) is 61.4 Å². The number of benzene rings is 2. The summed E-state index contributed by atoms with van der Waals surface area (Å²) in [6.45, 7) is 1.28. The predicted molar refractivity (Wildman–Crippen MR) is 131 cm³/mol. The lowest BCUT2D eigenvalue weighted by atomic mass is 9.90. The van der Waals surface area contributed by atoms with Crippen LogP contribution in [-0.2, 0) is 14.3 Å². The van der Waals surface area contributed by atoms with E-state index in [1.165, 1.54) is 11.1 Å². The van der Waals surface area contributed by atoms with Crippen LogP contribution in [0.2, 0.25) is 0 Å². The molecule has 0 radical (unpaired) electrons. The molecule has 184 valence electrons. The van der Waals surface area contributed by atoms with E-state index in [0.717, 1.165) is 24.0 Å². The Hall–Kier alpha value is -3.35. The van der Waals surface area contributed by atoms with Gasteiger partial charge in [-0.05, 0) is 53.9 Å². The van der Waals surface area contributed by atoms with Crippen LogP contribution in [0.1, 0.15) is 62.0 Å². The average Bonchev–Trinajstić information content (AvgIpc) is 3.46. The van der Waals surface area contributed by atoms with Crippen molar-refractivity contribution in [1.29, 1.82) is 0 Å². The first-order chi connectivity index (χ1) is 17.0. The standard InChI is InChI=1S/C28H32N2O5/c31-25(32)17-19-11-15-30(16-12-19)26(33)28(13-5-6-14-28)29-27(34)35-18-24-22-9-3-1-7-20(22)21-8-2-4-10-23(21)24/h1-4,7-10,19,24H,5-6,11-18H2,(H,29,34)(H,31,32). The summed E-state index contributed by atoms with van der Waals surface area (Å²) in [4.78, 5) is 39.3. The lowest BCUT2D eigenvalue weighted by molar-refractivity contribution is -0.140. The number of likely N-dealkylation sites (tertiary alicyclic amines) is 1. The largest absolute Gasteiger partial charge is 0.481 e. The number of amides is 2. The van der Waals surface area contributed by atoms with Crippen molar-refractivity contribution >= 4 is 18.0 Å². The zero-order chi connectivity index (χ0) is 24.4. The minimum Gasteiger partial charge on any atom is -0.481 e. The van der Waals surface area contributed by atoms with Crippen molar-refractivity contribution in [3.8, 4) is 11.1 Å². The number of carboxylic acids is 1. The smallest absolute Gasteiger partial charge is 0.408 e. The van der Waals surface area contributed by atoms with Crippen LogP contribution >= 0.6 is 0 Å². The number of carbonyl (C=O) groups excluding carboxylic acids is 2. The van der Waals surface area contributed by atoms with Gasteiger partial charge in [-0.3, -0.25) is 9.59 Å². The topological polar surface area (TPSA) is 95.9 Å². The summed E-state index contributed by atoms with van der Waals surface area (Å²) in [5, 5.41) is 12.0. The molecule has 7 heteroatoms. The Morgan fingerprint density at radius 1 is 0.943 bits per heavy atom. The first kappa shape index (κ1) is 23.4. The van der Waals surface area contributed by atoms with E-state index in [9.17, 15) is 14.4 Å². The summed E-state index contributed by atoms with van der Waals surface area (Å²) in [5.41, 5.74) is 3.72. The second-order valence-corrected chi connectivity index (χ2v) is 10.1. The molecule has 7 nitrogen and oxygen atoms in total. The maximum absolute atomic E-state index is 13.5. The number of hydrogen-bond acceptors (Lipinski definition) is 4. The molecule has 0 atom stereocenters. The van der Waals surface area contributed by atoms with Gasteiger partial charge in [0.25, 0.3) is 0 Å². The van der Waals surface area contributed by atoms with Gasteiger partial charge in [0, 0.05) is 25.4 Å². The SMILES string of the molecule is O=C(O)CC1CCN(C(=O)C2(NC(=O)OCC3c4ccccc4-c4ccccc43)CCCC2)CC1. The second kappa shape index (κ2) is 9.72. The fraction of sp³-hybridized carbons (Fsp3) is 0.464. The van der Waals surface area contributed by atoms with Crippen LogP contribution < -0.4 is 5.32 Å². The highest BCUT2D eigenvalue weighted by Crippen LogP contribution is 2.44. The molecule has 5 rings (SSSR count). The lowest BCUT2D eigenvalue weighted by Gasteiger charge is -2.38. The Labute approximate surface area is 205 Å². The molecule has 1 heterocycles. The number of piperidine rings is 1. The van der Waals surface area contributed by atoms with Crippen molar-refractivity contribution in [2.24, 2.45) is 5.92 Å². The molecular formula is C28H32N2O5. The van der Waals surface area contributed by atoms with E-state index >= 15 is 0 Å². The molecule has 0 bridgehead atoms. The van der Waals surface area contributed by atoms with Crippen LogP contribution in [0.5, 0.6) is 0 Å².